The van der Waals surface area contributed by atoms with E-state index in [0.29, 0.717) is 18.9 Å². The Morgan fingerprint density at radius 3 is 2.68 bits per heavy atom. The van der Waals surface area contributed by atoms with E-state index in [1.165, 1.54) is 18.2 Å². The van der Waals surface area contributed by atoms with Gasteiger partial charge in [0.05, 0.1) is 6.61 Å². The quantitative estimate of drug-likeness (QED) is 0.887. The van der Waals surface area contributed by atoms with Crippen molar-refractivity contribution in [3.8, 4) is 0 Å². The van der Waals surface area contributed by atoms with Crippen molar-refractivity contribution in [3.63, 3.8) is 0 Å². The lowest BCUT2D eigenvalue weighted by Crippen LogP contribution is -2.42. The molecule has 1 fully saturated rings. The monoisotopic (exact) mass is 269 g/mol. The molecule has 0 aromatic heterocycles. The molecule has 1 aromatic rings. The van der Waals surface area contributed by atoms with Gasteiger partial charge in [-0.1, -0.05) is 13.0 Å². The summed E-state index contributed by atoms with van der Waals surface area (Å²) in [4.78, 5) is 0. The van der Waals surface area contributed by atoms with E-state index in [1.54, 1.807) is 0 Å². The minimum Gasteiger partial charge on any atom is -0.381 e. The number of benzene rings is 1. The van der Waals surface area contributed by atoms with Crippen LogP contribution in [-0.4, -0.2) is 25.8 Å². The van der Waals surface area contributed by atoms with Gasteiger partial charge in [-0.05, 0) is 43.9 Å². The Balaban J connectivity index is 2.11. The van der Waals surface area contributed by atoms with Crippen LogP contribution in [0.4, 0.5) is 8.78 Å². The lowest BCUT2D eigenvalue weighted by atomic mass is 9.89. The van der Waals surface area contributed by atoms with Crippen LogP contribution in [0.25, 0.3) is 0 Å². The molecule has 0 spiro atoms. The number of rotatable bonds is 5. The molecule has 106 valence electrons. The number of nitrogens with one attached hydrogen (secondary N) is 1. The molecule has 2 unspecified atom stereocenters. The summed E-state index contributed by atoms with van der Waals surface area (Å²) in [6.07, 6.45) is 2.44. The van der Waals surface area contributed by atoms with Gasteiger partial charge in [0.1, 0.15) is 11.6 Å². The summed E-state index contributed by atoms with van der Waals surface area (Å²) >= 11 is 0. The summed E-state index contributed by atoms with van der Waals surface area (Å²) in [6.45, 7) is 4.27. The third kappa shape index (κ3) is 3.74. The Morgan fingerprint density at radius 2 is 2.11 bits per heavy atom. The van der Waals surface area contributed by atoms with Crippen molar-refractivity contribution in [1.29, 1.82) is 0 Å². The van der Waals surface area contributed by atoms with Crippen LogP contribution in [0, 0.1) is 17.6 Å². The van der Waals surface area contributed by atoms with E-state index < -0.39 is 11.6 Å². The van der Waals surface area contributed by atoms with E-state index in [-0.39, 0.29) is 11.6 Å². The lowest BCUT2D eigenvalue weighted by Gasteiger charge is -2.31. The Morgan fingerprint density at radius 1 is 1.37 bits per heavy atom. The first-order valence-corrected chi connectivity index (χ1v) is 6.96. The van der Waals surface area contributed by atoms with Crippen molar-refractivity contribution in [3.05, 3.63) is 35.4 Å². The van der Waals surface area contributed by atoms with Gasteiger partial charge < -0.3 is 10.1 Å². The third-order valence-electron chi connectivity index (χ3n) is 3.72. The van der Waals surface area contributed by atoms with Crippen LogP contribution in [0.3, 0.4) is 0 Å². The summed E-state index contributed by atoms with van der Waals surface area (Å²) in [7, 11) is 0. The fraction of sp³-hybridized carbons (Fsp3) is 0.600. The van der Waals surface area contributed by atoms with E-state index in [2.05, 4.69) is 5.32 Å². The second-order valence-corrected chi connectivity index (χ2v) is 5.05. The molecule has 1 aliphatic heterocycles. The SMILES string of the molecule is CCNC(Cc1c(F)cccc1F)C1CCCOC1. The van der Waals surface area contributed by atoms with Crippen LogP contribution in [0.5, 0.6) is 0 Å². The first-order valence-electron chi connectivity index (χ1n) is 6.96. The van der Waals surface area contributed by atoms with Crippen LogP contribution in [-0.2, 0) is 11.2 Å². The van der Waals surface area contributed by atoms with Crippen molar-refractivity contribution in [1.82, 2.24) is 5.32 Å². The molecule has 0 aliphatic carbocycles. The Bertz CT molecular complexity index is 385. The Kier molecular flexibility index (Phi) is 5.28. The molecule has 1 N–H and O–H groups in total. The zero-order valence-electron chi connectivity index (χ0n) is 11.3. The van der Waals surface area contributed by atoms with Crippen molar-refractivity contribution in [2.45, 2.75) is 32.2 Å². The summed E-state index contributed by atoms with van der Waals surface area (Å²) in [5, 5.41) is 3.34. The zero-order chi connectivity index (χ0) is 13.7. The predicted octanol–water partition coefficient (Wildman–Crippen LogP) is 2.91. The molecule has 1 aliphatic rings. The van der Waals surface area contributed by atoms with Crippen LogP contribution in [0.15, 0.2) is 18.2 Å². The lowest BCUT2D eigenvalue weighted by molar-refractivity contribution is 0.0393. The largest absolute Gasteiger partial charge is 0.381 e. The van der Waals surface area contributed by atoms with E-state index in [0.717, 1.165) is 26.0 Å². The van der Waals surface area contributed by atoms with Gasteiger partial charge in [0.25, 0.3) is 0 Å². The first-order chi connectivity index (χ1) is 9.22. The Hall–Kier alpha value is -1.00. The fourth-order valence-electron chi connectivity index (χ4n) is 2.70. The molecule has 0 amide bonds. The topological polar surface area (TPSA) is 21.3 Å². The summed E-state index contributed by atoms with van der Waals surface area (Å²) in [5.74, 6) is -0.591. The molecule has 4 heteroatoms. The second-order valence-electron chi connectivity index (χ2n) is 5.05. The average Bonchev–Trinajstić information content (AvgIpc) is 2.43. The molecule has 2 atom stereocenters. The van der Waals surface area contributed by atoms with Crippen LogP contribution in [0.2, 0.25) is 0 Å². The predicted molar refractivity (Wildman–Crippen MR) is 71.1 cm³/mol. The van der Waals surface area contributed by atoms with Gasteiger partial charge in [-0.25, -0.2) is 8.78 Å². The summed E-state index contributed by atoms with van der Waals surface area (Å²) < 4.78 is 32.9. The van der Waals surface area contributed by atoms with Gasteiger partial charge in [0.15, 0.2) is 0 Å². The molecule has 1 heterocycles. The molecule has 2 rings (SSSR count). The summed E-state index contributed by atoms with van der Waals surface area (Å²) in [5.41, 5.74) is 0.180. The molecule has 19 heavy (non-hydrogen) atoms. The van der Waals surface area contributed by atoms with Crippen LogP contribution in [0.1, 0.15) is 25.3 Å². The molecule has 0 saturated carbocycles. The number of ether oxygens (including phenoxy) is 1. The van der Waals surface area contributed by atoms with Gasteiger partial charge in [-0.15, -0.1) is 0 Å². The highest BCUT2D eigenvalue weighted by Crippen LogP contribution is 2.22. The number of hydrogen-bond donors (Lipinski definition) is 1. The van der Waals surface area contributed by atoms with Gasteiger partial charge in [0, 0.05) is 18.2 Å². The summed E-state index contributed by atoms with van der Waals surface area (Å²) in [6, 6.07) is 4.11. The highest BCUT2D eigenvalue weighted by atomic mass is 19.1. The maximum Gasteiger partial charge on any atom is 0.129 e. The highest BCUT2D eigenvalue weighted by molar-refractivity contribution is 5.21. The molecule has 1 saturated heterocycles. The smallest absolute Gasteiger partial charge is 0.129 e. The van der Waals surface area contributed by atoms with Crippen LogP contribution < -0.4 is 5.32 Å². The normalized spacial score (nSPS) is 21.3. The molecule has 0 radical (unpaired) electrons. The maximum atomic E-state index is 13.7. The number of halogens is 2. The number of likely N-dealkylation sites (N-methyl/N-ethyl adjacent to an activating group) is 1. The van der Waals surface area contributed by atoms with E-state index in [9.17, 15) is 8.78 Å². The van der Waals surface area contributed by atoms with Crippen molar-refractivity contribution < 1.29 is 13.5 Å². The minimum atomic E-state index is -0.459. The second kappa shape index (κ2) is 6.96. The minimum absolute atomic E-state index is 0.0664. The highest BCUT2D eigenvalue weighted by Gasteiger charge is 2.25. The van der Waals surface area contributed by atoms with Gasteiger partial charge in [0.2, 0.25) is 0 Å². The Labute approximate surface area is 113 Å². The maximum absolute atomic E-state index is 13.7. The molecule has 1 aromatic carbocycles. The van der Waals surface area contributed by atoms with E-state index in [4.69, 9.17) is 4.74 Å². The van der Waals surface area contributed by atoms with Crippen molar-refractivity contribution in [2.75, 3.05) is 19.8 Å². The fourth-order valence-corrected chi connectivity index (χ4v) is 2.70. The molecule has 0 bridgehead atoms. The molecule has 2 nitrogen and oxygen atoms in total. The van der Waals surface area contributed by atoms with Gasteiger partial charge in [-0.2, -0.15) is 0 Å². The van der Waals surface area contributed by atoms with E-state index in [1.807, 2.05) is 6.92 Å². The van der Waals surface area contributed by atoms with Crippen LogP contribution >= 0.6 is 0 Å². The van der Waals surface area contributed by atoms with Crippen molar-refractivity contribution >= 4 is 0 Å². The average molecular weight is 269 g/mol. The third-order valence-corrected chi connectivity index (χ3v) is 3.72. The zero-order valence-corrected chi connectivity index (χ0v) is 11.3. The van der Waals surface area contributed by atoms with E-state index >= 15 is 0 Å². The van der Waals surface area contributed by atoms with Gasteiger partial charge in [-0.3, -0.25) is 0 Å². The number of hydrogen-bond acceptors (Lipinski definition) is 2. The first kappa shape index (κ1) is 14.4. The van der Waals surface area contributed by atoms with Crippen molar-refractivity contribution in [2.24, 2.45) is 5.92 Å². The van der Waals surface area contributed by atoms with Gasteiger partial charge >= 0.3 is 0 Å². The molecular weight excluding hydrogens is 248 g/mol. The standard InChI is InChI=1S/C15H21F2NO/c1-2-18-15(11-5-4-8-19-10-11)9-12-13(16)6-3-7-14(12)17/h3,6-7,11,15,18H,2,4-5,8-10H2,1H3. The molecular formula is C15H21F2NO.